The molecule has 0 aromatic carbocycles. The van der Waals surface area contributed by atoms with Crippen LogP contribution in [0.15, 0.2) is 12.4 Å². The fraction of sp³-hybridized carbons (Fsp3) is 0.733. The van der Waals surface area contributed by atoms with E-state index < -0.39 is 0 Å². The van der Waals surface area contributed by atoms with Crippen molar-refractivity contribution in [2.75, 3.05) is 25.5 Å². The van der Waals surface area contributed by atoms with Crippen LogP contribution in [0.25, 0.3) is 0 Å². The second-order valence-corrected chi connectivity index (χ2v) is 6.00. The van der Waals surface area contributed by atoms with Gasteiger partial charge < -0.3 is 15.5 Å². The molecule has 6 heteroatoms. The van der Waals surface area contributed by atoms with Gasteiger partial charge in [0.05, 0.1) is 11.9 Å². The van der Waals surface area contributed by atoms with E-state index in [1.807, 2.05) is 6.20 Å². The van der Waals surface area contributed by atoms with Crippen LogP contribution < -0.4 is 10.6 Å². The van der Waals surface area contributed by atoms with Crippen molar-refractivity contribution < 1.29 is 4.79 Å². The van der Waals surface area contributed by atoms with Gasteiger partial charge in [0.1, 0.15) is 6.54 Å². The Morgan fingerprint density at radius 3 is 2.95 bits per heavy atom. The lowest BCUT2D eigenvalue weighted by molar-refractivity contribution is -0.121. The number of anilines is 1. The summed E-state index contributed by atoms with van der Waals surface area (Å²) in [7, 11) is 1.64. The molecule has 1 unspecified atom stereocenters. The highest BCUT2D eigenvalue weighted by atomic mass is 16.1. The first-order valence-corrected chi connectivity index (χ1v) is 7.82. The molecule has 1 saturated heterocycles. The van der Waals surface area contributed by atoms with Crippen LogP contribution in [-0.2, 0) is 11.3 Å². The first-order valence-electron chi connectivity index (χ1n) is 7.82. The average molecular weight is 293 g/mol. The number of aromatic nitrogens is 2. The third-order valence-corrected chi connectivity index (χ3v) is 4.08. The number of rotatable bonds is 5. The van der Waals surface area contributed by atoms with Gasteiger partial charge in [0, 0.05) is 31.9 Å². The molecule has 1 aromatic heterocycles. The summed E-state index contributed by atoms with van der Waals surface area (Å²) >= 11 is 0. The fourth-order valence-corrected chi connectivity index (χ4v) is 2.77. The second-order valence-electron chi connectivity index (χ2n) is 6.00. The molecule has 1 aliphatic rings. The summed E-state index contributed by atoms with van der Waals surface area (Å²) in [4.78, 5) is 13.9. The maximum atomic E-state index is 11.3. The number of likely N-dealkylation sites (tertiary alicyclic amines) is 1. The Kier molecular flexibility index (Phi) is 5.61. The summed E-state index contributed by atoms with van der Waals surface area (Å²) in [6, 6.07) is 1.12. The maximum absolute atomic E-state index is 11.3. The van der Waals surface area contributed by atoms with Gasteiger partial charge in [-0.05, 0) is 39.7 Å². The van der Waals surface area contributed by atoms with Gasteiger partial charge in [-0.3, -0.25) is 9.48 Å². The first-order chi connectivity index (χ1) is 10.1. The van der Waals surface area contributed by atoms with Crippen molar-refractivity contribution in [3.05, 3.63) is 12.4 Å². The van der Waals surface area contributed by atoms with E-state index in [0.717, 1.165) is 18.7 Å². The standard InChI is InChI=1S/C15H27N5O/c1-12(2)19-7-4-5-13(6-8-19)18-14-9-17-20(10-14)11-15(21)16-3/h9-10,12-13,18H,4-8,11H2,1-3H3,(H,16,21). The van der Waals surface area contributed by atoms with Gasteiger partial charge in [0.2, 0.25) is 5.91 Å². The molecule has 2 rings (SSSR count). The third kappa shape index (κ3) is 4.74. The van der Waals surface area contributed by atoms with Gasteiger partial charge in [-0.15, -0.1) is 0 Å². The average Bonchev–Trinajstić information content (AvgIpc) is 2.74. The zero-order valence-electron chi connectivity index (χ0n) is 13.3. The lowest BCUT2D eigenvalue weighted by Crippen LogP contribution is -2.32. The number of amides is 1. The number of carbonyl (C=O) groups excluding carboxylic acids is 1. The van der Waals surface area contributed by atoms with Crippen molar-refractivity contribution in [1.82, 2.24) is 20.0 Å². The first kappa shape index (κ1) is 15.8. The topological polar surface area (TPSA) is 62.2 Å². The molecule has 0 saturated carbocycles. The van der Waals surface area contributed by atoms with Gasteiger partial charge in [0.15, 0.2) is 0 Å². The molecular weight excluding hydrogens is 266 g/mol. The molecule has 1 atom stereocenters. The molecule has 0 bridgehead atoms. The van der Waals surface area contributed by atoms with Gasteiger partial charge >= 0.3 is 0 Å². The normalized spacial score (nSPS) is 20.3. The van der Waals surface area contributed by atoms with Crippen LogP contribution in [0.5, 0.6) is 0 Å². The molecule has 2 heterocycles. The Labute approximate surface area is 126 Å². The zero-order valence-corrected chi connectivity index (χ0v) is 13.3. The molecule has 0 spiro atoms. The van der Waals surface area contributed by atoms with Crippen LogP contribution in [-0.4, -0.2) is 52.8 Å². The van der Waals surface area contributed by atoms with Gasteiger partial charge in [-0.1, -0.05) is 0 Å². The van der Waals surface area contributed by atoms with Crippen LogP contribution in [0, 0.1) is 0 Å². The summed E-state index contributed by atoms with van der Waals surface area (Å²) in [5, 5.41) is 10.4. The van der Waals surface area contributed by atoms with E-state index in [1.165, 1.54) is 19.4 Å². The third-order valence-electron chi connectivity index (χ3n) is 4.08. The lowest BCUT2D eigenvalue weighted by Gasteiger charge is -2.24. The van der Waals surface area contributed by atoms with Crippen LogP contribution >= 0.6 is 0 Å². The van der Waals surface area contributed by atoms with Crippen LogP contribution in [0.2, 0.25) is 0 Å². The SMILES string of the molecule is CNC(=O)Cn1cc(NC2CCCN(C(C)C)CC2)cn1. The Balaban J connectivity index is 1.85. The Bertz CT molecular complexity index is 457. The van der Waals surface area contributed by atoms with Gasteiger partial charge in [-0.25, -0.2) is 0 Å². The quantitative estimate of drug-likeness (QED) is 0.859. The van der Waals surface area contributed by atoms with Crippen LogP contribution in [0.1, 0.15) is 33.1 Å². The Morgan fingerprint density at radius 1 is 1.43 bits per heavy atom. The predicted octanol–water partition coefficient (Wildman–Crippen LogP) is 1.30. The number of hydrogen-bond acceptors (Lipinski definition) is 4. The number of nitrogens with one attached hydrogen (secondary N) is 2. The molecule has 1 amide bonds. The van der Waals surface area contributed by atoms with E-state index in [0.29, 0.717) is 12.1 Å². The summed E-state index contributed by atoms with van der Waals surface area (Å²) in [5.74, 6) is -0.0355. The van der Waals surface area contributed by atoms with Crippen molar-refractivity contribution in [1.29, 1.82) is 0 Å². The molecule has 1 aromatic rings. The summed E-state index contributed by atoms with van der Waals surface area (Å²) < 4.78 is 1.66. The van der Waals surface area contributed by atoms with Crippen molar-refractivity contribution in [2.24, 2.45) is 0 Å². The van der Waals surface area contributed by atoms with E-state index >= 15 is 0 Å². The molecular formula is C15H27N5O. The lowest BCUT2D eigenvalue weighted by atomic mass is 10.1. The van der Waals surface area contributed by atoms with E-state index in [-0.39, 0.29) is 12.5 Å². The smallest absolute Gasteiger partial charge is 0.241 e. The minimum absolute atomic E-state index is 0.0355. The molecule has 2 N–H and O–H groups in total. The van der Waals surface area contributed by atoms with E-state index in [9.17, 15) is 4.79 Å². The molecule has 1 aliphatic heterocycles. The van der Waals surface area contributed by atoms with E-state index in [4.69, 9.17) is 0 Å². The fourth-order valence-electron chi connectivity index (χ4n) is 2.77. The number of hydrogen-bond donors (Lipinski definition) is 2. The van der Waals surface area contributed by atoms with Crippen LogP contribution in [0.3, 0.4) is 0 Å². The van der Waals surface area contributed by atoms with E-state index in [2.05, 4.69) is 34.5 Å². The Hall–Kier alpha value is -1.56. The Morgan fingerprint density at radius 2 is 2.24 bits per heavy atom. The summed E-state index contributed by atoms with van der Waals surface area (Å²) in [6.45, 7) is 7.12. The highest BCUT2D eigenvalue weighted by molar-refractivity contribution is 5.75. The second kappa shape index (κ2) is 7.45. The minimum atomic E-state index is -0.0355. The summed E-state index contributed by atoms with van der Waals surface area (Å²) in [6.07, 6.45) is 7.26. The molecule has 0 radical (unpaired) electrons. The van der Waals surface area contributed by atoms with Crippen molar-refractivity contribution in [3.8, 4) is 0 Å². The molecule has 118 valence electrons. The van der Waals surface area contributed by atoms with Gasteiger partial charge in [0.25, 0.3) is 0 Å². The van der Waals surface area contributed by atoms with Gasteiger partial charge in [-0.2, -0.15) is 5.10 Å². The van der Waals surface area contributed by atoms with Crippen molar-refractivity contribution >= 4 is 11.6 Å². The maximum Gasteiger partial charge on any atom is 0.241 e. The monoisotopic (exact) mass is 293 g/mol. The van der Waals surface area contributed by atoms with Crippen molar-refractivity contribution in [2.45, 2.75) is 51.7 Å². The van der Waals surface area contributed by atoms with Crippen molar-refractivity contribution in [3.63, 3.8) is 0 Å². The molecule has 1 fully saturated rings. The zero-order chi connectivity index (χ0) is 15.2. The molecule has 21 heavy (non-hydrogen) atoms. The molecule has 6 nitrogen and oxygen atoms in total. The highest BCUT2D eigenvalue weighted by Crippen LogP contribution is 2.17. The van der Waals surface area contributed by atoms with Crippen LogP contribution in [0.4, 0.5) is 5.69 Å². The number of carbonyl (C=O) groups is 1. The largest absolute Gasteiger partial charge is 0.380 e. The number of likely N-dealkylation sites (N-methyl/N-ethyl adjacent to an activating group) is 1. The summed E-state index contributed by atoms with van der Waals surface area (Å²) in [5.41, 5.74) is 1.00. The highest BCUT2D eigenvalue weighted by Gasteiger charge is 2.18. The number of nitrogens with zero attached hydrogens (tertiary/aromatic N) is 3. The molecule has 0 aliphatic carbocycles. The minimum Gasteiger partial charge on any atom is -0.380 e. The van der Waals surface area contributed by atoms with E-state index in [1.54, 1.807) is 17.9 Å². The predicted molar refractivity (Wildman–Crippen MR) is 84.3 cm³/mol.